The first-order valence-corrected chi connectivity index (χ1v) is 4.90. The summed E-state index contributed by atoms with van der Waals surface area (Å²) in [5.74, 6) is -1.54. The molecule has 1 rings (SSSR count). The van der Waals surface area contributed by atoms with Crippen LogP contribution in [0.25, 0.3) is 0 Å². The third-order valence-corrected chi connectivity index (χ3v) is 2.14. The smallest absolute Gasteiger partial charge is 0.319 e. The molecule has 0 heterocycles. The first kappa shape index (κ1) is 13.1. The van der Waals surface area contributed by atoms with E-state index >= 15 is 0 Å². The molecule has 0 aliphatic heterocycles. The zero-order valence-corrected chi connectivity index (χ0v) is 9.33. The van der Waals surface area contributed by atoms with Crippen LogP contribution in [0.1, 0.15) is 15.9 Å². The molecule has 1 amide bonds. The molecule has 17 heavy (non-hydrogen) atoms. The van der Waals surface area contributed by atoms with E-state index in [9.17, 15) is 14.0 Å². The van der Waals surface area contributed by atoms with Crippen LogP contribution in [0.2, 0.25) is 0 Å². The number of primary amides is 1. The number of nitrogens with one attached hydrogen (secondary N) is 1. The average molecular weight is 240 g/mol. The second-order valence-corrected chi connectivity index (χ2v) is 3.35. The summed E-state index contributed by atoms with van der Waals surface area (Å²) in [5.41, 5.74) is 5.57. The molecule has 0 radical (unpaired) electrons. The van der Waals surface area contributed by atoms with Gasteiger partial charge in [0.2, 0.25) is 5.91 Å². The molecule has 6 heteroatoms. The molecule has 0 bridgehead atoms. The number of rotatable bonds is 5. The van der Waals surface area contributed by atoms with E-state index in [0.29, 0.717) is 0 Å². The number of hydrogen-bond acceptors (Lipinski definition) is 4. The largest absolute Gasteiger partial charge is 0.468 e. The van der Waals surface area contributed by atoms with Crippen molar-refractivity contribution in [3.05, 3.63) is 35.1 Å². The standard InChI is InChI=1S/C11H13FN2O3/c1-17-10(15)6-14-5-8-4-7(11(13)16)2-3-9(8)12/h2-4,14H,5-6H2,1H3,(H2,13,16). The van der Waals surface area contributed by atoms with Gasteiger partial charge in [0.05, 0.1) is 13.7 Å². The number of benzene rings is 1. The summed E-state index contributed by atoms with van der Waals surface area (Å²) in [5, 5.41) is 2.69. The maximum atomic E-state index is 13.3. The number of carbonyl (C=O) groups is 2. The lowest BCUT2D eigenvalue weighted by Crippen LogP contribution is -2.24. The first-order chi connectivity index (χ1) is 8.04. The van der Waals surface area contributed by atoms with E-state index in [1.54, 1.807) is 0 Å². The van der Waals surface area contributed by atoms with Gasteiger partial charge in [-0.05, 0) is 18.2 Å². The molecule has 3 N–H and O–H groups in total. The summed E-state index contributed by atoms with van der Waals surface area (Å²) in [7, 11) is 1.26. The minimum Gasteiger partial charge on any atom is -0.468 e. The van der Waals surface area contributed by atoms with Gasteiger partial charge in [0, 0.05) is 17.7 Å². The van der Waals surface area contributed by atoms with Crippen LogP contribution < -0.4 is 11.1 Å². The Morgan fingerprint density at radius 1 is 1.47 bits per heavy atom. The Labute approximate surface area is 97.7 Å². The Hall–Kier alpha value is -1.95. The normalized spacial score (nSPS) is 10.0. The fourth-order valence-corrected chi connectivity index (χ4v) is 1.23. The van der Waals surface area contributed by atoms with Gasteiger partial charge in [0.1, 0.15) is 5.82 Å². The third kappa shape index (κ3) is 3.84. The number of halogens is 1. The molecule has 0 unspecified atom stereocenters. The zero-order valence-electron chi connectivity index (χ0n) is 9.33. The highest BCUT2D eigenvalue weighted by atomic mass is 19.1. The minimum atomic E-state index is -0.626. The fraction of sp³-hybridized carbons (Fsp3) is 0.273. The van der Waals surface area contributed by atoms with Crippen LogP contribution in [0.5, 0.6) is 0 Å². The van der Waals surface area contributed by atoms with Crippen LogP contribution in [0.4, 0.5) is 4.39 Å². The lowest BCUT2D eigenvalue weighted by Gasteiger charge is -2.06. The zero-order chi connectivity index (χ0) is 12.8. The van der Waals surface area contributed by atoms with Crippen molar-refractivity contribution < 1.29 is 18.7 Å². The molecular weight excluding hydrogens is 227 g/mol. The molecule has 5 nitrogen and oxygen atoms in total. The van der Waals surface area contributed by atoms with Crippen LogP contribution >= 0.6 is 0 Å². The van der Waals surface area contributed by atoms with Crippen molar-refractivity contribution >= 4 is 11.9 Å². The van der Waals surface area contributed by atoms with Crippen LogP contribution in [0, 0.1) is 5.82 Å². The Morgan fingerprint density at radius 3 is 2.76 bits per heavy atom. The van der Waals surface area contributed by atoms with Gasteiger partial charge in [0.25, 0.3) is 0 Å². The van der Waals surface area contributed by atoms with Crippen molar-refractivity contribution in [1.29, 1.82) is 0 Å². The lowest BCUT2D eigenvalue weighted by molar-refractivity contribution is -0.139. The van der Waals surface area contributed by atoms with Crippen molar-refractivity contribution in [1.82, 2.24) is 5.32 Å². The Morgan fingerprint density at radius 2 is 2.18 bits per heavy atom. The highest BCUT2D eigenvalue weighted by Crippen LogP contribution is 2.10. The van der Waals surface area contributed by atoms with Gasteiger partial charge in [-0.1, -0.05) is 0 Å². The molecule has 1 aromatic rings. The van der Waals surface area contributed by atoms with Crippen molar-refractivity contribution in [2.24, 2.45) is 5.73 Å². The average Bonchev–Trinajstić information content (AvgIpc) is 2.30. The number of carbonyl (C=O) groups excluding carboxylic acids is 2. The Bertz CT molecular complexity index is 435. The molecule has 92 valence electrons. The summed E-state index contributed by atoms with van der Waals surface area (Å²) in [6.07, 6.45) is 0. The van der Waals surface area contributed by atoms with Crippen molar-refractivity contribution in [2.45, 2.75) is 6.54 Å². The Kier molecular flexibility index (Phi) is 4.59. The summed E-state index contributed by atoms with van der Waals surface area (Å²) >= 11 is 0. The minimum absolute atomic E-state index is 0.0310. The van der Waals surface area contributed by atoms with Crippen LogP contribution in [0.3, 0.4) is 0 Å². The predicted octanol–water partition coefficient (Wildman–Crippen LogP) is 0.187. The molecule has 0 saturated heterocycles. The molecule has 0 fully saturated rings. The molecular formula is C11H13FN2O3. The second kappa shape index (κ2) is 5.95. The van der Waals surface area contributed by atoms with E-state index in [1.807, 2.05) is 0 Å². The van der Waals surface area contributed by atoms with Crippen LogP contribution in [-0.2, 0) is 16.1 Å². The van der Waals surface area contributed by atoms with Crippen molar-refractivity contribution in [2.75, 3.05) is 13.7 Å². The molecule has 0 aliphatic rings. The molecule has 0 atom stereocenters. The second-order valence-electron chi connectivity index (χ2n) is 3.35. The van der Waals surface area contributed by atoms with E-state index in [0.717, 1.165) is 6.07 Å². The van der Waals surface area contributed by atoms with Gasteiger partial charge in [-0.2, -0.15) is 0 Å². The third-order valence-electron chi connectivity index (χ3n) is 2.14. The SMILES string of the molecule is COC(=O)CNCc1cc(C(N)=O)ccc1F. The van der Waals surface area contributed by atoms with Crippen LogP contribution in [0.15, 0.2) is 18.2 Å². The van der Waals surface area contributed by atoms with Crippen molar-refractivity contribution in [3.8, 4) is 0 Å². The summed E-state index contributed by atoms with van der Waals surface area (Å²) in [4.78, 5) is 21.7. The van der Waals surface area contributed by atoms with Gasteiger partial charge < -0.3 is 15.8 Å². The topological polar surface area (TPSA) is 81.4 Å². The molecule has 0 aliphatic carbocycles. The lowest BCUT2D eigenvalue weighted by atomic mass is 10.1. The quantitative estimate of drug-likeness (QED) is 0.720. The summed E-state index contributed by atoms with van der Waals surface area (Å²) in [6.45, 7) is 0.0821. The van der Waals surface area contributed by atoms with Gasteiger partial charge in [-0.15, -0.1) is 0 Å². The molecule has 0 spiro atoms. The summed E-state index contributed by atoms with van der Waals surface area (Å²) < 4.78 is 17.7. The van der Waals surface area contributed by atoms with E-state index in [4.69, 9.17) is 5.73 Å². The van der Waals surface area contributed by atoms with E-state index < -0.39 is 17.7 Å². The van der Waals surface area contributed by atoms with Gasteiger partial charge in [-0.3, -0.25) is 9.59 Å². The molecule has 0 saturated carbocycles. The number of methoxy groups -OCH3 is 1. The van der Waals surface area contributed by atoms with Crippen LogP contribution in [-0.4, -0.2) is 25.5 Å². The monoisotopic (exact) mass is 240 g/mol. The Balaban J connectivity index is 2.66. The number of hydrogen-bond donors (Lipinski definition) is 2. The van der Waals surface area contributed by atoms with Crippen molar-refractivity contribution in [3.63, 3.8) is 0 Å². The maximum absolute atomic E-state index is 13.3. The number of nitrogens with two attached hydrogens (primary N) is 1. The number of esters is 1. The molecule has 1 aromatic carbocycles. The van der Waals surface area contributed by atoms with E-state index in [1.165, 1.54) is 19.2 Å². The highest BCUT2D eigenvalue weighted by molar-refractivity contribution is 5.92. The maximum Gasteiger partial charge on any atom is 0.319 e. The van der Waals surface area contributed by atoms with E-state index in [-0.39, 0.29) is 24.2 Å². The molecule has 0 aromatic heterocycles. The highest BCUT2D eigenvalue weighted by Gasteiger charge is 2.07. The fourth-order valence-electron chi connectivity index (χ4n) is 1.23. The summed E-state index contributed by atoms with van der Waals surface area (Å²) in [6, 6.07) is 3.82. The first-order valence-electron chi connectivity index (χ1n) is 4.90. The number of amides is 1. The van der Waals surface area contributed by atoms with Gasteiger partial charge >= 0.3 is 5.97 Å². The number of ether oxygens (including phenoxy) is 1. The van der Waals surface area contributed by atoms with E-state index in [2.05, 4.69) is 10.1 Å². The van der Waals surface area contributed by atoms with Gasteiger partial charge in [-0.25, -0.2) is 4.39 Å². The predicted molar refractivity (Wildman–Crippen MR) is 58.6 cm³/mol. The van der Waals surface area contributed by atoms with Gasteiger partial charge in [0.15, 0.2) is 0 Å².